The summed E-state index contributed by atoms with van der Waals surface area (Å²) in [6, 6.07) is 15.9. The molecule has 0 saturated carbocycles. The van der Waals surface area contributed by atoms with Crippen LogP contribution in [0, 0.1) is 17.1 Å². The number of aromatic nitrogens is 3. The Morgan fingerprint density at radius 1 is 1.09 bits per heavy atom. The number of hydrogen-bond acceptors (Lipinski definition) is 5. The van der Waals surface area contributed by atoms with Gasteiger partial charge in [-0.05, 0) is 30.3 Å². The smallest absolute Gasteiger partial charge is 0.343 e. The van der Waals surface area contributed by atoms with Gasteiger partial charge in [-0.15, -0.1) is 5.10 Å². The number of carbonyl (C=O) groups excluding carboxylic acids is 1. The van der Waals surface area contributed by atoms with Gasteiger partial charge in [-0.1, -0.05) is 24.3 Å². The lowest BCUT2D eigenvalue weighted by molar-refractivity contribution is -0.123. The summed E-state index contributed by atoms with van der Waals surface area (Å²) in [5.74, 6) is -1.93. The molecule has 4 aromatic rings. The summed E-state index contributed by atoms with van der Waals surface area (Å²) in [5.41, 5.74) is 1.18. The third kappa shape index (κ3) is 4.74. The molecule has 2 heterocycles. The summed E-state index contributed by atoms with van der Waals surface area (Å²) in [6.07, 6.45) is -3.14. The van der Waals surface area contributed by atoms with Gasteiger partial charge in [-0.2, -0.15) is 23.4 Å². The first-order chi connectivity index (χ1) is 15.7. The standard InChI is InChI=1S/C22H14F4N6O/c23-19-15(5-3-6-16(19)20(33)28-12-22(24,25)26)14-8-9-18-30-21(31-32(18)11-14)29-17-7-2-1-4-13(17)10-27/h1-9,11H,12H2,(H,28,33)(H,29,31). The molecule has 0 aliphatic heterocycles. The highest BCUT2D eigenvalue weighted by molar-refractivity contribution is 5.96. The van der Waals surface area contributed by atoms with Gasteiger partial charge in [-0.3, -0.25) is 4.79 Å². The lowest BCUT2D eigenvalue weighted by atomic mass is 10.0. The predicted octanol–water partition coefficient (Wildman–Crippen LogP) is 4.44. The van der Waals surface area contributed by atoms with E-state index in [1.807, 2.05) is 0 Å². The van der Waals surface area contributed by atoms with Gasteiger partial charge in [-0.25, -0.2) is 8.91 Å². The summed E-state index contributed by atoms with van der Waals surface area (Å²) in [5, 5.41) is 18.1. The third-order valence-electron chi connectivity index (χ3n) is 4.63. The highest BCUT2D eigenvalue weighted by atomic mass is 19.4. The molecule has 11 heteroatoms. The molecule has 0 radical (unpaired) electrons. The zero-order chi connectivity index (χ0) is 23.6. The molecule has 7 nitrogen and oxygen atoms in total. The van der Waals surface area contributed by atoms with E-state index >= 15 is 0 Å². The normalized spacial score (nSPS) is 11.2. The first-order valence-corrected chi connectivity index (χ1v) is 9.51. The van der Waals surface area contributed by atoms with E-state index in [0.29, 0.717) is 22.5 Å². The Hall–Kier alpha value is -4.46. The molecule has 0 fully saturated rings. The second-order valence-corrected chi connectivity index (χ2v) is 6.90. The van der Waals surface area contributed by atoms with E-state index < -0.39 is 30.0 Å². The molecule has 0 aliphatic rings. The Morgan fingerprint density at radius 2 is 1.88 bits per heavy atom. The van der Waals surface area contributed by atoms with E-state index in [4.69, 9.17) is 0 Å². The number of hydrogen-bond donors (Lipinski definition) is 2. The van der Waals surface area contributed by atoms with Crippen molar-refractivity contribution < 1.29 is 22.4 Å². The van der Waals surface area contributed by atoms with Gasteiger partial charge < -0.3 is 10.6 Å². The molecule has 1 amide bonds. The van der Waals surface area contributed by atoms with Gasteiger partial charge in [0.15, 0.2) is 5.65 Å². The second kappa shape index (κ2) is 8.58. The van der Waals surface area contributed by atoms with Gasteiger partial charge >= 0.3 is 6.18 Å². The van der Waals surface area contributed by atoms with Crippen molar-refractivity contribution in [3.05, 3.63) is 77.7 Å². The zero-order valence-electron chi connectivity index (χ0n) is 16.7. The summed E-state index contributed by atoms with van der Waals surface area (Å²) < 4.78 is 53.4. The molecule has 2 aromatic carbocycles. The first kappa shape index (κ1) is 21.8. The number of anilines is 2. The molecule has 0 aliphatic carbocycles. The van der Waals surface area contributed by atoms with Crippen molar-refractivity contribution in [2.24, 2.45) is 0 Å². The van der Waals surface area contributed by atoms with E-state index in [1.165, 1.54) is 22.8 Å². The third-order valence-corrected chi connectivity index (χ3v) is 4.63. The monoisotopic (exact) mass is 454 g/mol. The molecule has 166 valence electrons. The minimum absolute atomic E-state index is 0.0105. The Kier molecular flexibility index (Phi) is 5.66. The van der Waals surface area contributed by atoms with Gasteiger partial charge in [0.05, 0.1) is 16.8 Å². The topological polar surface area (TPSA) is 95.1 Å². The number of benzene rings is 2. The molecule has 2 N–H and O–H groups in total. The van der Waals surface area contributed by atoms with Crippen LogP contribution in [0.3, 0.4) is 0 Å². The molecule has 4 rings (SSSR count). The molecular weight excluding hydrogens is 440 g/mol. The van der Waals surface area contributed by atoms with E-state index in [0.717, 1.165) is 6.07 Å². The quantitative estimate of drug-likeness (QED) is 0.435. The lowest BCUT2D eigenvalue weighted by Crippen LogP contribution is -2.34. The largest absolute Gasteiger partial charge is 0.405 e. The maximum atomic E-state index is 15.0. The van der Waals surface area contributed by atoms with E-state index in [9.17, 15) is 27.6 Å². The molecule has 0 spiro atoms. The van der Waals surface area contributed by atoms with Crippen LogP contribution in [-0.2, 0) is 0 Å². The number of para-hydroxylation sites is 1. The van der Waals surface area contributed by atoms with Crippen LogP contribution in [0.25, 0.3) is 16.8 Å². The molecule has 0 bridgehead atoms. The summed E-state index contributed by atoms with van der Waals surface area (Å²) in [6.45, 7) is -1.56. The molecule has 0 saturated heterocycles. The maximum absolute atomic E-state index is 15.0. The Labute approximate surface area is 184 Å². The predicted molar refractivity (Wildman–Crippen MR) is 111 cm³/mol. The summed E-state index contributed by atoms with van der Waals surface area (Å²) in [7, 11) is 0. The number of nitrogens with zero attached hydrogens (tertiary/aromatic N) is 4. The van der Waals surface area contributed by atoms with Crippen LogP contribution in [0.15, 0.2) is 60.8 Å². The van der Waals surface area contributed by atoms with Gasteiger partial charge in [0, 0.05) is 17.3 Å². The van der Waals surface area contributed by atoms with Crippen LogP contribution in [0.4, 0.5) is 29.2 Å². The minimum Gasteiger partial charge on any atom is -0.343 e. The van der Waals surface area contributed by atoms with Crippen LogP contribution in [-0.4, -0.2) is 33.2 Å². The Balaban J connectivity index is 1.63. The molecule has 0 atom stereocenters. The Bertz CT molecular complexity index is 1390. The number of fused-ring (bicyclic) bond motifs is 1. The highest BCUT2D eigenvalue weighted by Gasteiger charge is 2.28. The van der Waals surface area contributed by atoms with Gasteiger partial charge in [0.25, 0.3) is 5.91 Å². The fraction of sp³-hybridized carbons (Fsp3) is 0.0909. The van der Waals surface area contributed by atoms with E-state index in [-0.39, 0.29) is 11.5 Å². The number of alkyl halides is 3. The first-order valence-electron chi connectivity index (χ1n) is 9.51. The molecule has 33 heavy (non-hydrogen) atoms. The SMILES string of the molecule is N#Cc1ccccc1Nc1nc2ccc(-c3cccc(C(=O)NCC(F)(F)F)c3F)cn2n1. The van der Waals surface area contributed by atoms with Crippen molar-refractivity contribution in [2.75, 3.05) is 11.9 Å². The van der Waals surface area contributed by atoms with Gasteiger partial charge in [0.2, 0.25) is 5.95 Å². The zero-order valence-corrected chi connectivity index (χ0v) is 16.7. The van der Waals surface area contributed by atoms with Crippen LogP contribution < -0.4 is 10.6 Å². The van der Waals surface area contributed by atoms with Crippen molar-refractivity contribution in [1.82, 2.24) is 19.9 Å². The fourth-order valence-corrected chi connectivity index (χ4v) is 3.11. The second-order valence-electron chi connectivity index (χ2n) is 6.90. The van der Waals surface area contributed by atoms with Crippen molar-refractivity contribution >= 4 is 23.2 Å². The van der Waals surface area contributed by atoms with Crippen molar-refractivity contribution in [3.63, 3.8) is 0 Å². The number of carbonyl (C=O) groups is 1. The van der Waals surface area contributed by atoms with Gasteiger partial charge in [0.1, 0.15) is 18.4 Å². The molecular formula is C22H14F4N6O. The number of pyridine rings is 1. The van der Waals surface area contributed by atoms with Crippen LogP contribution >= 0.6 is 0 Å². The molecule has 2 aromatic heterocycles. The van der Waals surface area contributed by atoms with Crippen molar-refractivity contribution in [2.45, 2.75) is 6.18 Å². The van der Waals surface area contributed by atoms with Crippen LogP contribution in [0.1, 0.15) is 15.9 Å². The van der Waals surface area contributed by atoms with E-state index in [2.05, 4.69) is 21.5 Å². The Morgan fingerprint density at radius 3 is 2.64 bits per heavy atom. The minimum atomic E-state index is -4.61. The highest BCUT2D eigenvalue weighted by Crippen LogP contribution is 2.26. The average Bonchev–Trinajstić information content (AvgIpc) is 3.19. The number of amides is 1. The fourth-order valence-electron chi connectivity index (χ4n) is 3.11. The maximum Gasteiger partial charge on any atom is 0.405 e. The average molecular weight is 454 g/mol. The van der Waals surface area contributed by atoms with Crippen molar-refractivity contribution in [3.8, 4) is 17.2 Å². The van der Waals surface area contributed by atoms with Crippen LogP contribution in [0.5, 0.6) is 0 Å². The summed E-state index contributed by atoms with van der Waals surface area (Å²) >= 11 is 0. The number of halogens is 4. The lowest BCUT2D eigenvalue weighted by Gasteiger charge is -2.11. The number of rotatable bonds is 5. The van der Waals surface area contributed by atoms with Crippen molar-refractivity contribution in [1.29, 1.82) is 5.26 Å². The van der Waals surface area contributed by atoms with E-state index in [1.54, 1.807) is 41.7 Å². The van der Waals surface area contributed by atoms with Crippen LogP contribution in [0.2, 0.25) is 0 Å². The number of nitrogens with one attached hydrogen (secondary N) is 2. The molecule has 0 unspecified atom stereocenters. The number of nitriles is 1. The summed E-state index contributed by atoms with van der Waals surface area (Å²) in [4.78, 5) is 16.3.